The zero-order valence-electron chi connectivity index (χ0n) is 15.1. The topological polar surface area (TPSA) is 18.5 Å². The van der Waals surface area contributed by atoms with E-state index >= 15 is 0 Å². The molecule has 0 unspecified atom stereocenters. The Morgan fingerprint density at radius 3 is 1.21 bits per heavy atom. The summed E-state index contributed by atoms with van der Waals surface area (Å²) in [5.74, 6) is 0. The van der Waals surface area contributed by atoms with Crippen molar-refractivity contribution in [2.45, 2.75) is 53.4 Å². The van der Waals surface area contributed by atoms with Crippen molar-refractivity contribution >= 4 is 0 Å². The van der Waals surface area contributed by atoms with E-state index in [1.165, 1.54) is 45.3 Å². The SMILES string of the molecule is CCCN(C)C.CCCN(C)CCC.CCCNC. The second-order valence-corrected chi connectivity index (χ2v) is 5.21. The molecule has 0 aromatic heterocycles. The summed E-state index contributed by atoms with van der Waals surface area (Å²) in [7, 11) is 8.31. The zero-order valence-corrected chi connectivity index (χ0v) is 15.1. The molecule has 0 rings (SSSR count). The first-order chi connectivity index (χ1) is 8.99. The highest BCUT2D eigenvalue weighted by Gasteiger charge is 1.90. The maximum Gasteiger partial charge on any atom is -0.00244 e. The van der Waals surface area contributed by atoms with E-state index in [1.54, 1.807) is 0 Å². The molecule has 0 atom stereocenters. The third kappa shape index (κ3) is 38.1. The standard InChI is InChI=1S/C7H17N.C5H13N.C4H11N/c1-4-6-8(3)7-5-2;1-4-5-6(2)3;1-3-4-5-2/h4-7H2,1-3H3;4-5H2,1-3H3;5H,3-4H2,1-2H3. The Morgan fingerprint density at radius 1 is 0.684 bits per heavy atom. The van der Waals surface area contributed by atoms with Crippen LogP contribution in [0.5, 0.6) is 0 Å². The molecule has 0 bridgehead atoms. The van der Waals surface area contributed by atoms with E-state index in [0.29, 0.717) is 0 Å². The normalized spacial score (nSPS) is 9.79. The van der Waals surface area contributed by atoms with Crippen molar-refractivity contribution in [1.29, 1.82) is 0 Å². The molecular formula is C16H41N3. The van der Waals surface area contributed by atoms with Crippen molar-refractivity contribution in [1.82, 2.24) is 15.1 Å². The van der Waals surface area contributed by atoms with Gasteiger partial charge in [-0.3, -0.25) is 0 Å². The summed E-state index contributed by atoms with van der Waals surface area (Å²) < 4.78 is 0. The Balaban J connectivity index is -0.000000209. The molecular weight excluding hydrogens is 234 g/mol. The fourth-order valence-corrected chi connectivity index (χ4v) is 1.57. The maximum absolute atomic E-state index is 3.02. The quantitative estimate of drug-likeness (QED) is 0.733. The molecule has 0 saturated carbocycles. The number of rotatable bonds is 8. The summed E-state index contributed by atoms with van der Waals surface area (Å²) in [6.07, 6.45) is 5.04. The van der Waals surface area contributed by atoms with Crippen LogP contribution in [0.3, 0.4) is 0 Å². The van der Waals surface area contributed by atoms with Gasteiger partial charge in [0.15, 0.2) is 0 Å². The fourth-order valence-electron chi connectivity index (χ4n) is 1.57. The minimum absolute atomic E-state index is 1.14. The molecule has 0 aliphatic heterocycles. The van der Waals surface area contributed by atoms with Gasteiger partial charge in [-0.25, -0.2) is 0 Å². The van der Waals surface area contributed by atoms with Crippen LogP contribution in [0.4, 0.5) is 0 Å². The van der Waals surface area contributed by atoms with Crippen LogP contribution in [-0.4, -0.2) is 64.2 Å². The first-order valence-electron chi connectivity index (χ1n) is 7.97. The zero-order chi connectivity index (χ0) is 15.5. The molecule has 0 aromatic rings. The van der Waals surface area contributed by atoms with E-state index < -0.39 is 0 Å². The molecule has 0 saturated heterocycles. The van der Waals surface area contributed by atoms with Crippen LogP contribution >= 0.6 is 0 Å². The Morgan fingerprint density at radius 2 is 1.11 bits per heavy atom. The van der Waals surface area contributed by atoms with Gasteiger partial charge in [0.1, 0.15) is 0 Å². The van der Waals surface area contributed by atoms with Gasteiger partial charge in [-0.05, 0) is 80.1 Å². The lowest BCUT2D eigenvalue weighted by molar-refractivity contribution is 0.335. The van der Waals surface area contributed by atoms with Gasteiger partial charge >= 0.3 is 0 Å². The molecule has 3 nitrogen and oxygen atoms in total. The van der Waals surface area contributed by atoms with E-state index in [0.717, 1.165) is 6.54 Å². The van der Waals surface area contributed by atoms with Gasteiger partial charge in [-0.1, -0.05) is 27.7 Å². The number of nitrogens with one attached hydrogen (secondary N) is 1. The molecule has 120 valence electrons. The summed E-state index contributed by atoms with van der Waals surface area (Å²) in [6.45, 7) is 13.6. The van der Waals surface area contributed by atoms with Gasteiger partial charge in [0.2, 0.25) is 0 Å². The molecule has 1 N–H and O–H groups in total. The van der Waals surface area contributed by atoms with Crippen molar-refractivity contribution < 1.29 is 0 Å². The monoisotopic (exact) mass is 275 g/mol. The molecule has 0 radical (unpaired) electrons. The van der Waals surface area contributed by atoms with Gasteiger partial charge in [0.25, 0.3) is 0 Å². The summed E-state index contributed by atoms with van der Waals surface area (Å²) in [5.41, 5.74) is 0. The van der Waals surface area contributed by atoms with Crippen LogP contribution in [0.15, 0.2) is 0 Å². The molecule has 3 heteroatoms. The molecule has 19 heavy (non-hydrogen) atoms. The molecule has 0 spiro atoms. The van der Waals surface area contributed by atoms with Gasteiger partial charge in [0, 0.05) is 0 Å². The molecule has 0 amide bonds. The Hall–Kier alpha value is -0.120. The van der Waals surface area contributed by atoms with Gasteiger partial charge in [-0.15, -0.1) is 0 Å². The van der Waals surface area contributed by atoms with Gasteiger partial charge in [-0.2, -0.15) is 0 Å². The minimum Gasteiger partial charge on any atom is -0.320 e. The van der Waals surface area contributed by atoms with Crippen molar-refractivity contribution in [3.05, 3.63) is 0 Å². The van der Waals surface area contributed by atoms with Crippen LogP contribution in [0.2, 0.25) is 0 Å². The predicted octanol–water partition coefficient (Wildman–Crippen LogP) is 3.31. The highest BCUT2D eigenvalue weighted by atomic mass is 15.1. The predicted molar refractivity (Wildman–Crippen MR) is 91.1 cm³/mol. The lowest BCUT2D eigenvalue weighted by Crippen LogP contribution is -2.19. The number of hydrogen-bond acceptors (Lipinski definition) is 3. The van der Waals surface area contributed by atoms with Crippen LogP contribution in [-0.2, 0) is 0 Å². The minimum atomic E-state index is 1.14. The molecule has 0 aliphatic carbocycles. The summed E-state index contributed by atoms with van der Waals surface area (Å²) >= 11 is 0. The third-order valence-corrected chi connectivity index (χ3v) is 2.38. The van der Waals surface area contributed by atoms with Crippen molar-refractivity contribution in [3.8, 4) is 0 Å². The summed E-state index contributed by atoms with van der Waals surface area (Å²) in [4.78, 5) is 4.54. The summed E-state index contributed by atoms with van der Waals surface area (Å²) in [6, 6.07) is 0. The molecule has 0 aliphatic rings. The van der Waals surface area contributed by atoms with Crippen molar-refractivity contribution in [2.24, 2.45) is 0 Å². The van der Waals surface area contributed by atoms with Gasteiger partial charge < -0.3 is 15.1 Å². The highest BCUT2D eigenvalue weighted by molar-refractivity contribution is 4.45. The highest BCUT2D eigenvalue weighted by Crippen LogP contribution is 1.86. The molecule has 0 heterocycles. The van der Waals surface area contributed by atoms with E-state index in [1.807, 2.05) is 7.05 Å². The van der Waals surface area contributed by atoms with Gasteiger partial charge in [0.05, 0.1) is 0 Å². The fraction of sp³-hybridized carbons (Fsp3) is 1.00. The third-order valence-electron chi connectivity index (χ3n) is 2.38. The Labute approximate surface area is 123 Å². The van der Waals surface area contributed by atoms with Crippen LogP contribution in [0, 0.1) is 0 Å². The number of nitrogens with zero attached hydrogens (tertiary/aromatic N) is 2. The molecule has 0 aromatic carbocycles. The first-order valence-corrected chi connectivity index (χ1v) is 7.97. The lowest BCUT2D eigenvalue weighted by Gasteiger charge is -2.12. The number of hydrogen-bond donors (Lipinski definition) is 1. The lowest BCUT2D eigenvalue weighted by atomic mass is 10.4. The first kappa shape index (κ1) is 23.9. The average molecular weight is 276 g/mol. The van der Waals surface area contributed by atoms with Crippen molar-refractivity contribution in [2.75, 3.05) is 54.4 Å². The van der Waals surface area contributed by atoms with Crippen LogP contribution in [0.25, 0.3) is 0 Å². The van der Waals surface area contributed by atoms with E-state index in [9.17, 15) is 0 Å². The smallest absolute Gasteiger partial charge is 0.00244 e. The second-order valence-electron chi connectivity index (χ2n) is 5.21. The van der Waals surface area contributed by atoms with Crippen molar-refractivity contribution in [3.63, 3.8) is 0 Å². The van der Waals surface area contributed by atoms with Crippen LogP contribution < -0.4 is 5.32 Å². The second kappa shape index (κ2) is 23.0. The van der Waals surface area contributed by atoms with E-state index in [2.05, 4.69) is 64.0 Å². The van der Waals surface area contributed by atoms with E-state index in [-0.39, 0.29) is 0 Å². The average Bonchev–Trinajstić information content (AvgIpc) is 2.32. The molecule has 0 fully saturated rings. The largest absolute Gasteiger partial charge is 0.320 e. The van der Waals surface area contributed by atoms with Crippen LogP contribution in [0.1, 0.15) is 53.4 Å². The summed E-state index contributed by atoms with van der Waals surface area (Å²) in [5, 5.41) is 3.02. The maximum atomic E-state index is 3.02. The van der Waals surface area contributed by atoms with E-state index in [4.69, 9.17) is 0 Å². The Bertz CT molecular complexity index is 119. The Kier molecular flexibility index (Phi) is 29.0.